The first-order valence-corrected chi connectivity index (χ1v) is 12.7. The normalized spacial score (nSPS) is 19.1. The average molecular weight is 451 g/mol. The molecule has 0 spiro atoms. The minimum Gasteiger partial charge on any atom is -0.598 e. The minimum atomic E-state index is -3.08. The molecule has 1 N–H and O–H groups in total. The Morgan fingerprint density at radius 2 is 2.11 bits per heavy atom. The van der Waals surface area contributed by atoms with E-state index in [2.05, 4.69) is 9.82 Å². The second kappa shape index (κ2) is 8.74. The predicted octanol–water partition coefficient (Wildman–Crippen LogP) is 2.48. The summed E-state index contributed by atoms with van der Waals surface area (Å²) >= 11 is 5.09. The lowest BCUT2D eigenvalue weighted by molar-refractivity contribution is 0.561. The number of halogens is 2. The summed E-state index contributed by atoms with van der Waals surface area (Å²) in [6, 6.07) is 1.30. The zero-order valence-corrected chi connectivity index (χ0v) is 18.2. The van der Waals surface area contributed by atoms with Crippen LogP contribution in [0.3, 0.4) is 0 Å². The Morgan fingerprint density at radius 3 is 2.75 bits per heavy atom. The van der Waals surface area contributed by atoms with Crippen LogP contribution in [-0.4, -0.2) is 52.9 Å². The molecular weight excluding hydrogens is 427 g/mol. The van der Waals surface area contributed by atoms with E-state index < -0.39 is 27.0 Å². The van der Waals surface area contributed by atoms with Gasteiger partial charge in [0, 0.05) is 30.0 Å². The van der Waals surface area contributed by atoms with Crippen LogP contribution in [-0.2, 0) is 21.2 Å². The monoisotopic (exact) mass is 450 g/mol. The molecule has 1 saturated heterocycles. The summed E-state index contributed by atoms with van der Waals surface area (Å²) in [6.45, 7) is 4.44. The van der Waals surface area contributed by atoms with Crippen LogP contribution in [0.5, 0.6) is 0 Å². The highest BCUT2D eigenvalue weighted by Gasteiger charge is 2.29. The van der Waals surface area contributed by atoms with Crippen LogP contribution < -0.4 is 9.62 Å². The Kier molecular flexibility index (Phi) is 6.76. The molecule has 2 atom stereocenters. The van der Waals surface area contributed by atoms with Crippen molar-refractivity contribution in [3.8, 4) is 0 Å². The first kappa shape index (κ1) is 21.6. The molecule has 0 saturated carbocycles. The van der Waals surface area contributed by atoms with E-state index in [0.29, 0.717) is 17.1 Å². The molecule has 11 heteroatoms. The number of unbranched alkanes of at least 4 members (excludes halogenated alkanes) is 1. The van der Waals surface area contributed by atoms with Crippen molar-refractivity contribution in [2.24, 2.45) is 0 Å². The van der Waals surface area contributed by atoms with Crippen LogP contribution in [0.4, 0.5) is 10.2 Å². The Morgan fingerprint density at radius 1 is 1.43 bits per heavy atom. The van der Waals surface area contributed by atoms with E-state index in [1.807, 2.05) is 18.7 Å². The lowest BCUT2D eigenvalue weighted by atomic mass is 10.1. The van der Waals surface area contributed by atoms with E-state index in [1.165, 1.54) is 4.52 Å². The number of sulfone groups is 1. The number of aromatic nitrogens is 2. The van der Waals surface area contributed by atoms with Crippen LogP contribution in [0.25, 0.3) is 5.52 Å². The number of nitrogens with one attached hydrogen (secondary N) is 1. The van der Waals surface area contributed by atoms with Crippen LogP contribution in [0.2, 0.25) is 5.02 Å². The molecule has 1 aliphatic rings. The summed E-state index contributed by atoms with van der Waals surface area (Å²) < 4.78 is 54.7. The molecule has 1 unspecified atom stereocenters. The van der Waals surface area contributed by atoms with Gasteiger partial charge in [-0.15, -0.1) is 4.72 Å². The molecule has 1 fully saturated rings. The number of hydrogen-bond acceptors (Lipinski definition) is 6. The molecule has 1 aliphatic heterocycles. The van der Waals surface area contributed by atoms with Crippen molar-refractivity contribution in [1.82, 2.24) is 14.3 Å². The largest absolute Gasteiger partial charge is 0.598 e. The number of fused-ring (bicyclic) bond motifs is 1. The second-order valence-electron chi connectivity index (χ2n) is 6.91. The van der Waals surface area contributed by atoms with Crippen molar-refractivity contribution in [3.05, 3.63) is 28.7 Å². The topological polar surface area (TPSA) is 89.8 Å². The van der Waals surface area contributed by atoms with E-state index in [9.17, 15) is 17.4 Å². The molecule has 156 valence electrons. The van der Waals surface area contributed by atoms with E-state index >= 15 is 0 Å². The fraction of sp³-hybridized carbons (Fsp3) is 0.588. The molecule has 2 aromatic rings. The average Bonchev–Trinajstić information content (AvgIpc) is 3.02. The summed E-state index contributed by atoms with van der Waals surface area (Å²) in [7, 11) is -3.08. The summed E-state index contributed by atoms with van der Waals surface area (Å²) in [4.78, 5) is 1.87. The van der Waals surface area contributed by atoms with Crippen molar-refractivity contribution in [3.63, 3.8) is 0 Å². The third-order valence-electron chi connectivity index (χ3n) is 4.79. The number of nitrogens with zero attached hydrogens (tertiary/aromatic N) is 3. The van der Waals surface area contributed by atoms with Gasteiger partial charge in [0.1, 0.15) is 17.1 Å². The van der Waals surface area contributed by atoms with Crippen molar-refractivity contribution < 1.29 is 17.4 Å². The standard InChI is InChI=1S/C17H24ClFN4O3S2/c1-3-4-7-27(24)21-12(2)13-10-14(18)16-15(19)11-20-23(16)17(13)22-5-8-28(25,26)9-6-22/h10-12,21H,3-9H2,1-2H3/t12-,27?/m0/s1. The molecule has 0 radical (unpaired) electrons. The van der Waals surface area contributed by atoms with Gasteiger partial charge < -0.3 is 9.45 Å². The van der Waals surface area contributed by atoms with Gasteiger partial charge >= 0.3 is 0 Å². The number of hydrogen-bond donors (Lipinski definition) is 1. The van der Waals surface area contributed by atoms with Gasteiger partial charge in [-0.1, -0.05) is 24.9 Å². The van der Waals surface area contributed by atoms with E-state index in [4.69, 9.17) is 11.6 Å². The first-order valence-electron chi connectivity index (χ1n) is 9.19. The van der Waals surface area contributed by atoms with Crippen LogP contribution in [0.1, 0.15) is 38.3 Å². The molecule has 0 bridgehead atoms. The van der Waals surface area contributed by atoms with Crippen molar-refractivity contribution in [1.29, 1.82) is 0 Å². The molecular formula is C17H24ClFN4O3S2. The van der Waals surface area contributed by atoms with Crippen LogP contribution >= 0.6 is 11.6 Å². The SMILES string of the molecule is CCCC[S+]([O-])N[C@@H](C)c1cc(Cl)c2c(F)cnn2c1N1CCS(=O)(=O)CC1. The van der Waals surface area contributed by atoms with Gasteiger partial charge in [-0.25, -0.2) is 17.3 Å². The van der Waals surface area contributed by atoms with Gasteiger partial charge in [-0.3, -0.25) is 0 Å². The van der Waals surface area contributed by atoms with E-state index in [0.717, 1.165) is 19.0 Å². The summed E-state index contributed by atoms with van der Waals surface area (Å²) in [5.74, 6) is 0.597. The summed E-state index contributed by atoms with van der Waals surface area (Å²) in [5, 5.41) is 4.33. The van der Waals surface area contributed by atoms with Gasteiger partial charge in [0.25, 0.3) is 0 Å². The van der Waals surface area contributed by atoms with Crippen molar-refractivity contribution in [2.75, 3.05) is 35.2 Å². The predicted molar refractivity (Wildman–Crippen MR) is 110 cm³/mol. The molecule has 3 rings (SSSR count). The fourth-order valence-corrected chi connectivity index (χ4v) is 5.93. The Bertz CT molecular complexity index is 940. The third-order valence-corrected chi connectivity index (χ3v) is 7.97. The molecule has 2 aromatic heterocycles. The van der Waals surface area contributed by atoms with Crippen LogP contribution in [0.15, 0.2) is 12.3 Å². The second-order valence-corrected chi connectivity index (χ2v) is 11.0. The third kappa shape index (κ3) is 4.56. The molecule has 3 heterocycles. The lowest BCUT2D eigenvalue weighted by Gasteiger charge is -2.32. The molecule has 0 amide bonds. The van der Waals surface area contributed by atoms with Gasteiger partial charge in [-0.2, -0.15) is 5.10 Å². The highest BCUT2D eigenvalue weighted by molar-refractivity contribution is 7.91. The van der Waals surface area contributed by atoms with Gasteiger partial charge in [0.2, 0.25) is 0 Å². The van der Waals surface area contributed by atoms with E-state index in [1.54, 1.807) is 6.07 Å². The summed E-state index contributed by atoms with van der Waals surface area (Å²) in [6.07, 6.45) is 2.87. The first-order chi connectivity index (χ1) is 13.2. The van der Waals surface area contributed by atoms with Crippen molar-refractivity contribution in [2.45, 2.75) is 32.7 Å². The molecule has 7 nitrogen and oxygen atoms in total. The number of pyridine rings is 1. The van der Waals surface area contributed by atoms with Gasteiger partial charge in [0.05, 0.1) is 28.8 Å². The maximum Gasteiger partial charge on any atom is 0.170 e. The van der Waals surface area contributed by atoms with Crippen LogP contribution in [0, 0.1) is 5.82 Å². The quantitative estimate of drug-likeness (QED) is 0.652. The van der Waals surface area contributed by atoms with Crippen molar-refractivity contribution >= 4 is 44.1 Å². The summed E-state index contributed by atoms with van der Waals surface area (Å²) in [5.41, 5.74) is 0.845. The Balaban J connectivity index is 2.01. The lowest BCUT2D eigenvalue weighted by Crippen LogP contribution is -2.42. The maximum atomic E-state index is 14.2. The van der Waals surface area contributed by atoms with Gasteiger partial charge in [-0.05, 0) is 19.4 Å². The molecule has 0 aromatic carbocycles. The number of anilines is 1. The minimum absolute atomic E-state index is 0.0184. The molecule has 0 aliphatic carbocycles. The smallest absolute Gasteiger partial charge is 0.170 e. The van der Waals surface area contributed by atoms with Gasteiger partial charge in [0.15, 0.2) is 15.7 Å². The zero-order chi connectivity index (χ0) is 20.5. The maximum absolute atomic E-state index is 14.2. The van der Waals surface area contributed by atoms with E-state index in [-0.39, 0.29) is 41.2 Å². The zero-order valence-electron chi connectivity index (χ0n) is 15.8. The highest BCUT2D eigenvalue weighted by Crippen LogP contribution is 2.34. The number of rotatable bonds is 7. The Hall–Kier alpha value is -1.07. The Labute approximate surface area is 172 Å². The molecule has 28 heavy (non-hydrogen) atoms. The fourth-order valence-electron chi connectivity index (χ4n) is 3.25. The highest BCUT2D eigenvalue weighted by atomic mass is 35.5.